The molecule has 0 bridgehead atoms. The van der Waals surface area contributed by atoms with Crippen molar-refractivity contribution < 1.29 is 4.52 Å². The molecule has 0 spiro atoms. The first kappa shape index (κ1) is 15.2. The fraction of sp³-hybridized carbons (Fsp3) is 0.118. The van der Waals surface area contributed by atoms with Crippen LogP contribution in [-0.4, -0.2) is 21.9 Å². The van der Waals surface area contributed by atoms with Crippen LogP contribution < -0.4 is 5.73 Å². The van der Waals surface area contributed by atoms with Crippen LogP contribution in [0.4, 0.5) is 5.69 Å². The predicted octanol–water partition coefficient (Wildman–Crippen LogP) is 3.94. The van der Waals surface area contributed by atoms with Crippen LogP contribution >= 0.6 is 11.6 Å². The van der Waals surface area contributed by atoms with Crippen LogP contribution in [0.3, 0.4) is 0 Å². The van der Waals surface area contributed by atoms with Gasteiger partial charge in [-0.15, -0.1) is 11.6 Å². The van der Waals surface area contributed by atoms with Crippen LogP contribution in [0.5, 0.6) is 0 Å². The molecule has 3 aromatic rings. The van der Waals surface area contributed by atoms with Gasteiger partial charge in [0.2, 0.25) is 5.82 Å². The summed E-state index contributed by atoms with van der Waals surface area (Å²) in [7, 11) is 0. The predicted molar refractivity (Wildman–Crippen MR) is 91.9 cm³/mol. The molecule has 0 fully saturated rings. The summed E-state index contributed by atoms with van der Waals surface area (Å²) in [6.45, 7) is 2.02. The monoisotopic (exact) mass is 326 g/mol. The van der Waals surface area contributed by atoms with Gasteiger partial charge < -0.3 is 10.3 Å². The zero-order valence-corrected chi connectivity index (χ0v) is 13.3. The standard InChI is InChI=1S/C17H15ClN4O/c1-11-5-4-6-12(9-11)16-21-17(23-22-16)13-7-2-3-8-14(13)20-15(19)10-18/h2-9H,10H2,1H3,(H2,19,20). The summed E-state index contributed by atoms with van der Waals surface area (Å²) in [5.74, 6) is 1.42. The molecular formula is C17H15ClN4O. The fourth-order valence-corrected chi connectivity index (χ4v) is 2.23. The van der Waals surface area contributed by atoms with Crippen LogP contribution in [-0.2, 0) is 0 Å². The number of nitrogens with two attached hydrogens (primary N) is 1. The lowest BCUT2D eigenvalue weighted by molar-refractivity contribution is 0.432. The maximum Gasteiger partial charge on any atom is 0.260 e. The van der Waals surface area contributed by atoms with Crippen molar-refractivity contribution >= 4 is 23.1 Å². The minimum Gasteiger partial charge on any atom is -0.386 e. The molecule has 1 heterocycles. The smallest absolute Gasteiger partial charge is 0.260 e. The molecule has 5 nitrogen and oxygen atoms in total. The Hall–Kier alpha value is -2.66. The topological polar surface area (TPSA) is 77.3 Å². The minimum atomic E-state index is 0.159. The Morgan fingerprint density at radius 1 is 1.22 bits per heavy atom. The molecule has 6 heteroatoms. The van der Waals surface area contributed by atoms with Crippen LogP contribution in [0.15, 0.2) is 58.0 Å². The van der Waals surface area contributed by atoms with Crippen molar-refractivity contribution in [1.29, 1.82) is 0 Å². The van der Waals surface area contributed by atoms with Gasteiger partial charge in [-0.2, -0.15) is 4.98 Å². The number of aromatic nitrogens is 2. The summed E-state index contributed by atoms with van der Waals surface area (Å²) >= 11 is 5.69. The van der Waals surface area contributed by atoms with Crippen LogP contribution in [0.25, 0.3) is 22.8 Å². The molecule has 0 aliphatic rings. The van der Waals surface area contributed by atoms with Gasteiger partial charge in [-0.3, -0.25) is 0 Å². The number of aliphatic imine (C=N–C) groups is 1. The Morgan fingerprint density at radius 2 is 2.04 bits per heavy atom. The number of benzene rings is 2. The van der Waals surface area contributed by atoms with Crippen molar-refractivity contribution in [3.63, 3.8) is 0 Å². The molecular weight excluding hydrogens is 312 g/mol. The van der Waals surface area contributed by atoms with E-state index in [-0.39, 0.29) is 5.88 Å². The van der Waals surface area contributed by atoms with Gasteiger partial charge >= 0.3 is 0 Å². The Balaban J connectivity index is 2.01. The van der Waals surface area contributed by atoms with E-state index in [0.29, 0.717) is 28.8 Å². The average molecular weight is 327 g/mol. The molecule has 23 heavy (non-hydrogen) atoms. The van der Waals surface area contributed by atoms with Crippen LogP contribution in [0, 0.1) is 6.92 Å². The molecule has 3 rings (SSSR count). The third kappa shape index (κ3) is 3.40. The van der Waals surface area contributed by atoms with Gasteiger partial charge in [-0.05, 0) is 25.1 Å². The highest BCUT2D eigenvalue weighted by atomic mass is 35.5. The Kier molecular flexibility index (Phi) is 4.39. The van der Waals surface area contributed by atoms with E-state index < -0.39 is 0 Å². The molecule has 0 unspecified atom stereocenters. The highest BCUT2D eigenvalue weighted by molar-refractivity contribution is 6.28. The van der Waals surface area contributed by atoms with Gasteiger partial charge in [-0.1, -0.05) is 41.1 Å². The first-order valence-electron chi connectivity index (χ1n) is 7.06. The number of rotatable bonds is 4. The molecule has 116 valence electrons. The van der Waals surface area contributed by atoms with E-state index in [0.717, 1.165) is 11.1 Å². The number of hydrogen-bond acceptors (Lipinski definition) is 4. The maximum absolute atomic E-state index is 5.72. The lowest BCUT2D eigenvalue weighted by atomic mass is 10.1. The van der Waals surface area contributed by atoms with Crippen molar-refractivity contribution in [2.45, 2.75) is 6.92 Å². The number of para-hydroxylation sites is 1. The van der Waals surface area contributed by atoms with E-state index in [1.165, 1.54) is 0 Å². The lowest BCUT2D eigenvalue weighted by Gasteiger charge is -2.01. The van der Waals surface area contributed by atoms with Gasteiger partial charge in [0.25, 0.3) is 5.89 Å². The summed E-state index contributed by atoms with van der Waals surface area (Å²) in [5.41, 5.74) is 9.11. The zero-order chi connectivity index (χ0) is 16.2. The molecule has 0 radical (unpaired) electrons. The zero-order valence-electron chi connectivity index (χ0n) is 12.5. The van der Waals surface area contributed by atoms with Crippen LogP contribution in [0.1, 0.15) is 5.56 Å². The van der Waals surface area contributed by atoms with Crippen molar-refractivity contribution in [1.82, 2.24) is 10.1 Å². The maximum atomic E-state index is 5.72. The lowest BCUT2D eigenvalue weighted by Crippen LogP contribution is -2.12. The molecule has 1 aromatic heterocycles. The Bertz CT molecular complexity index is 857. The molecule has 0 atom stereocenters. The number of amidine groups is 1. The van der Waals surface area contributed by atoms with E-state index in [1.54, 1.807) is 0 Å². The summed E-state index contributed by atoms with van der Waals surface area (Å²) < 4.78 is 5.40. The third-order valence-electron chi connectivity index (χ3n) is 3.24. The second kappa shape index (κ2) is 6.62. The van der Waals surface area contributed by atoms with Gasteiger partial charge in [0.15, 0.2) is 0 Å². The van der Waals surface area contributed by atoms with Crippen molar-refractivity contribution in [3.8, 4) is 22.8 Å². The summed E-state index contributed by atoms with van der Waals surface area (Å²) in [5, 5.41) is 4.05. The molecule has 0 aliphatic carbocycles. The number of hydrogen-bond donors (Lipinski definition) is 1. The number of alkyl halides is 1. The first-order chi connectivity index (χ1) is 11.2. The molecule has 2 aromatic carbocycles. The second-order valence-electron chi connectivity index (χ2n) is 5.05. The highest BCUT2D eigenvalue weighted by Gasteiger charge is 2.14. The number of halogens is 1. The SMILES string of the molecule is Cc1cccc(-c2noc(-c3ccccc3N=C(N)CCl)n2)c1. The van der Waals surface area contributed by atoms with Crippen LogP contribution in [0.2, 0.25) is 0 Å². The van der Waals surface area contributed by atoms with Crippen molar-refractivity contribution in [2.75, 3.05) is 5.88 Å². The van der Waals surface area contributed by atoms with E-state index >= 15 is 0 Å². The normalized spacial score (nSPS) is 11.7. The van der Waals surface area contributed by atoms with Gasteiger partial charge in [0.1, 0.15) is 5.84 Å². The van der Waals surface area contributed by atoms with E-state index in [2.05, 4.69) is 15.1 Å². The van der Waals surface area contributed by atoms with Gasteiger partial charge in [-0.25, -0.2) is 4.99 Å². The number of nitrogens with zero attached hydrogens (tertiary/aromatic N) is 3. The molecule has 0 amide bonds. The first-order valence-corrected chi connectivity index (χ1v) is 7.60. The summed E-state index contributed by atoms with van der Waals surface area (Å²) in [4.78, 5) is 8.75. The molecule has 0 saturated carbocycles. The number of aryl methyl sites for hydroxylation is 1. The molecule has 2 N–H and O–H groups in total. The van der Waals surface area contributed by atoms with Gasteiger partial charge in [0.05, 0.1) is 17.1 Å². The van der Waals surface area contributed by atoms with Gasteiger partial charge in [0, 0.05) is 5.56 Å². The highest BCUT2D eigenvalue weighted by Crippen LogP contribution is 2.30. The largest absolute Gasteiger partial charge is 0.386 e. The van der Waals surface area contributed by atoms with E-state index in [1.807, 2.05) is 55.5 Å². The second-order valence-corrected chi connectivity index (χ2v) is 5.31. The quantitative estimate of drug-likeness (QED) is 0.447. The van der Waals surface area contributed by atoms with E-state index in [9.17, 15) is 0 Å². The summed E-state index contributed by atoms with van der Waals surface area (Å²) in [6.07, 6.45) is 0. The Labute approximate surface area is 138 Å². The van der Waals surface area contributed by atoms with E-state index in [4.69, 9.17) is 21.9 Å². The molecule has 0 saturated heterocycles. The average Bonchev–Trinajstić information content (AvgIpc) is 3.05. The third-order valence-corrected chi connectivity index (χ3v) is 3.51. The minimum absolute atomic E-state index is 0.159. The Morgan fingerprint density at radius 3 is 2.83 bits per heavy atom. The summed E-state index contributed by atoms with van der Waals surface area (Å²) in [6, 6.07) is 15.3. The van der Waals surface area contributed by atoms with Crippen molar-refractivity contribution in [3.05, 3.63) is 54.1 Å². The fourth-order valence-electron chi connectivity index (χ4n) is 2.17. The molecule has 0 aliphatic heterocycles. The van der Waals surface area contributed by atoms with Crippen molar-refractivity contribution in [2.24, 2.45) is 10.7 Å².